The van der Waals surface area contributed by atoms with Gasteiger partial charge in [-0.3, -0.25) is 9.59 Å². The third-order valence-corrected chi connectivity index (χ3v) is 7.55. The predicted molar refractivity (Wildman–Crippen MR) is 98.3 cm³/mol. The second kappa shape index (κ2) is 7.90. The van der Waals surface area contributed by atoms with E-state index in [4.69, 9.17) is 9.47 Å². The van der Waals surface area contributed by atoms with Crippen molar-refractivity contribution in [1.82, 2.24) is 0 Å². The first kappa shape index (κ1) is 18.3. The Bertz CT molecular complexity index is 518. The molecule has 4 aliphatic rings. The molecule has 4 fully saturated rings. The fourth-order valence-corrected chi connectivity index (χ4v) is 6.20. The molecule has 0 radical (unpaired) electrons. The van der Waals surface area contributed by atoms with E-state index in [2.05, 4.69) is 6.92 Å². The number of fused-ring (bicyclic) bond motifs is 2. The molecule has 146 valence electrons. The third-order valence-electron chi connectivity index (χ3n) is 7.55. The number of ether oxygens (including phenoxy) is 2. The molecule has 4 saturated carbocycles. The molecular formula is C22H34O4. The molecule has 0 aromatic rings. The van der Waals surface area contributed by atoms with Crippen LogP contribution in [0.2, 0.25) is 0 Å². The van der Waals surface area contributed by atoms with Crippen LogP contribution >= 0.6 is 0 Å². The van der Waals surface area contributed by atoms with Gasteiger partial charge >= 0.3 is 11.9 Å². The molecule has 0 saturated heterocycles. The Labute approximate surface area is 157 Å². The standard InChI is InChI=1S/C22H34O4/c1-14-12-15-13-18(14)20(22(24)26-17-10-6-3-7-11-17)19(15)21(23)25-16-8-4-2-5-9-16/h14-20H,2-13H2,1H3. The number of esters is 2. The van der Waals surface area contributed by atoms with Crippen LogP contribution in [0.3, 0.4) is 0 Å². The molecule has 4 heteroatoms. The monoisotopic (exact) mass is 362 g/mol. The van der Waals surface area contributed by atoms with Crippen LogP contribution in [0.1, 0.15) is 84.0 Å². The number of hydrogen-bond donors (Lipinski definition) is 0. The average Bonchev–Trinajstić information content (AvgIpc) is 3.20. The maximum atomic E-state index is 13.0. The maximum Gasteiger partial charge on any atom is 0.310 e. The van der Waals surface area contributed by atoms with E-state index in [-0.39, 0.29) is 36.0 Å². The number of carbonyl (C=O) groups excluding carboxylic acids is 2. The van der Waals surface area contributed by atoms with Crippen LogP contribution in [0.25, 0.3) is 0 Å². The molecule has 0 spiro atoms. The first-order valence-electron chi connectivity index (χ1n) is 11.0. The summed E-state index contributed by atoms with van der Waals surface area (Å²) < 4.78 is 11.8. The number of carbonyl (C=O) groups is 2. The van der Waals surface area contributed by atoms with E-state index in [1.165, 1.54) is 12.8 Å². The predicted octanol–water partition coefficient (Wildman–Crippen LogP) is 4.65. The highest BCUT2D eigenvalue weighted by molar-refractivity contribution is 5.84. The lowest BCUT2D eigenvalue weighted by atomic mass is 9.74. The Balaban J connectivity index is 1.43. The molecule has 5 atom stereocenters. The molecule has 0 aromatic carbocycles. The quantitative estimate of drug-likeness (QED) is 0.683. The van der Waals surface area contributed by atoms with Crippen LogP contribution < -0.4 is 0 Å². The smallest absolute Gasteiger partial charge is 0.310 e. The highest BCUT2D eigenvalue weighted by atomic mass is 16.6. The van der Waals surface area contributed by atoms with E-state index in [0.717, 1.165) is 64.2 Å². The summed E-state index contributed by atoms with van der Waals surface area (Å²) in [5.74, 6) is 0.400. The van der Waals surface area contributed by atoms with Gasteiger partial charge in [0.1, 0.15) is 12.2 Å². The minimum absolute atomic E-state index is 0.0701. The van der Waals surface area contributed by atoms with Crippen molar-refractivity contribution in [2.75, 3.05) is 0 Å². The van der Waals surface area contributed by atoms with Gasteiger partial charge in [-0.1, -0.05) is 19.8 Å². The Morgan fingerprint density at radius 2 is 1.19 bits per heavy atom. The Hall–Kier alpha value is -1.06. The van der Waals surface area contributed by atoms with Crippen LogP contribution in [0.4, 0.5) is 0 Å². The van der Waals surface area contributed by atoms with Gasteiger partial charge in [0, 0.05) is 0 Å². The van der Waals surface area contributed by atoms with Gasteiger partial charge in [0.2, 0.25) is 0 Å². The summed E-state index contributed by atoms with van der Waals surface area (Å²) in [7, 11) is 0. The summed E-state index contributed by atoms with van der Waals surface area (Å²) in [5.41, 5.74) is 0. The SMILES string of the molecule is CC1CC2CC1C(C(=O)OC1CCCCC1)C2C(=O)OC1CCCCC1. The molecule has 4 nitrogen and oxygen atoms in total. The second-order valence-corrected chi connectivity index (χ2v) is 9.32. The van der Waals surface area contributed by atoms with Gasteiger partial charge in [-0.25, -0.2) is 0 Å². The van der Waals surface area contributed by atoms with Crippen molar-refractivity contribution >= 4 is 11.9 Å². The zero-order valence-electron chi connectivity index (χ0n) is 16.2. The third kappa shape index (κ3) is 3.66. The van der Waals surface area contributed by atoms with E-state index >= 15 is 0 Å². The molecule has 4 rings (SSSR count). The molecule has 26 heavy (non-hydrogen) atoms. The Kier molecular flexibility index (Phi) is 5.56. The van der Waals surface area contributed by atoms with E-state index in [0.29, 0.717) is 17.8 Å². The molecule has 5 unspecified atom stereocenters. The van der Waals surface area contributed by atoms with E-state index < -0.39 is 0 Å². The summed E-state index contributed by atoms with van der Waals surface area (Å²) in [6.45, 7) is 2.23. The van der Waals surface area contributed by atoms with E-state index in [1.807, 2.05) is 0 Å². The highest BCUT2D eigenvalue weighted by Crippen LogP contribution is 2.56. The van der Waals surface area contributed by atoms with Crippen molar-refractivity contribution in [3.8, 4) is 0 Å². The van der Waals surface area contributed by atoms with Crippen LogP contribution in [0.5, 0.6) is 0 Å². The molecule has 0 N–H and O–H groups in total. The van der Waals surface area contributed by atoms with Crippen LogP contribution in [-0.2, 0) is 19.1 Å². The minimum atomic E-state index is -0.262. The van der Waals surface area contributed by atoms with Gasteiger partial charge in [0.05, 0.1) is 11.8 Å². The molecule has 2 bridgehead atoms. The summed E-state index contributed by atoms with van der Waals surface area (Å²) in [6, 6.07) is 0. The molecule has 0 amide bonds. The summed E-state index contributed by atoms with van der Waals surface area (Å²) in [5, 5.41) is 0. The highest BCUT2D eigenvalue weighted by Gasteiger charge is 2.58. The van der Waals surface area contributed by atoms with Gasteiger partial charge in [0.25, 0.3) is 0 Å². The maximum absolute atomic E-state index is 13.0. The summed E-state index contributed by atoms with van der Waals surface area (Å²) in [4.78, 5) is 26.0. The number of hydrogen-bond acceptors (Lipinski definition) is 4. The first-order valence-corrected chi connectivity index (χ1v) is 11.0. The molecule has 4 aliphatic carbocycles. The summed E-state index contributed by atoms with van der Waals surface area (Å²) >= 11 is 0. The molecule has 0 aliphatic heterocycles. The first-order chi connectivity index (χ1) is 12.6. The number of rotatable bonds is 4. The van der Waals surface area contributed by atoms with Crippen molar-refractivity contribution in [1.29, 1.82) is 0 Å². The lowest BCUT2D eigenvalue weighted by Gasteiger charge is -2.34. The normalized spacial score (nSPS) is 38.3. The average molecular weight is 363 g/mol. The van der Waals surface area contributed by atoms with E-state index in [9.17, 15) is 9.59 Å². The van der Waals surface area contributed by atoms with Crippen molar-refractivity contribution in [2.24, 2.45) is 29.6 Å². The lowest BCUT2D eigenvalue weighted by molar-refractivity contribution is -0.171. The van der Waals surface area contributed by atoms with Gasteiger partial charge in [-0.2, -0.15) is 0 Å². The van der Waals surface area contributed by atoms with Crippen LogP contribution in [0.15, 0.2) is 0 Å². The van der Waals surface area contributed by atoms with Crippen LogP contribution in [-0.4, -0.2) is 24.1 Å². The fourth-order valence-electron chi connectivity index (χ4n) is 6.20. The van der Waals surface area contributed by atoms with Gasteiger partial charge < -0.3 is 9.47 Å². The summed E-state index contributed by atoms with van der Waals surface area (Å²) in [6.07, 6.45) is 13.2. The van der Waals surface area contributed by atoms with Gasteiger partial charge in [-0.15, -0.1) is 0 Å². The van der Waals surface area contributed by atoms with Gasteiger partial charge in [0.15, 0.2) is 0 Å². The zero-order chi connectivity index (χ0) is 18.1. The molecular weight excluding hydrogens is 328 g/mol. The molecule has 0 heterocycles. The van der Waals surface area contributed by atoms with Crippen molar-refractivity contribution in [2.45, 2.75) is 96.2 Å². The van der Waals surface area contributed by atoms with Gasteiger partial charge in [-0.05, 0) is 82.0 Å². The minimum Gasteiger partial charge on any atom is -0.462 e. The molecule has 0 aromatic heterocycles. The van der Waals surface area contributed by atoms with Crippen molar-refractivity contribution in [3.63, 3.8) is 0 Å². The Morgan fingerprint density at radius 1 is 0.692 bits per heavy atom. The van der Waals surface area contributed by atoms with Crippen LogP contribution in [0, 0.1) is 29.6 Å². The van der Waals surface area contributed by atoms with E-state index in [1.54, 1.807) is 0 Å². The largest absolute Gasteiger partial charge is 0.462 e. The topological polar surface area (TPSA) is 52.6 Å². The zero-order valence-corrected chi connectivity index (χ0v) is 16.2. The lowest BCUT2D eigenvalue weighted by Crippen LogP contribution is -2.41. The Morgan fingerprint density at radius 3 is 1.73 bits per heavy atom. The van der Waals surface area contributed by atoms with Crippen molar-refractivity contribution < 1.29 is 19.1 Å². The second-order valence-electron chi connectivity index (χ2n) is 9.32. The fraction of sp³-hybridized carbons (Fsp3) is 0.909. The van der Waals surface area contributed by atoms with Crippen molar-refractivity contribution in [3.05, 3.63) is 0 Å².